The summed E-state index contributed by atoms with van der Waals surface area (Å²) in [5.41, 5.74) is 1.79. The molecule has 2 heterocycles. The second kappa shape index (κ2) is 10.8. The Balaban J connectivity index is 1.70. The molecule has 2 aromatic heterocycles. The van der Waals surface area contributed by atoms with Gasteiger partial charge in [0.25, 0.3) is 5.56 Å². The Kier molecular flexibility index (Phi) is 7.78. The van der Waals surface area contributed by atoms with E-state index in [9.17, 15) is 14.0 Å². The summed E-state index contributed by atoms with van der Waals surface area (Å²) >= 11 is 8.47. The van der Waals surface area contributed by atoms with Crippen LogP contribution >= 0.6 is 34.7 Å². The Morgan fingerprint density at radius 3 is 2.66 bits per heavy atom. The number of halogens is 2. The fraction of sp³-hybridized carbons (Fsp3) is 0.240. The maximum Gasteiger partial charge on any atom is 0.267 e. The molecule has 0 fully saturated rings. The van der Waals surface area contributed by atoms with Gasteiger partial charge in [0.05, 0.1) is 29.0 Å². The van der Waals surface area contributed by atoms with Gasteiger partial charge >= 0.3 is 0 Å². The van der Waals surface area contributed by atoms with E-state index in [1.165, 1.54) is 34.1 Å². The Morgan fingerprint density at radius 2 is 2.00 bits per heavy atom. The third-order valence-electron chi connectivity index (χ3n) is 5.38. The molecule has 0 saturated heterocycles. The minimum Gasteiger partial charge on any atom is -0.497 e. The average molecular weight is 532 g/mol. The molecule has 4 aromatic rings. The van der Waals surface area contributed by atoms with E-state index in [2.05, 4.69) is 12.2 Å². The smallest absolute Gasteiger partial charge is 0.267 e. The summed E-state index contributed by atoms with van der Waals surface area (Å²) in [4.78, 5) is 32.9. The van der Waals surface area contributed by atoms with Crippen LogP contribution in [0.5, 0.6) is 5.75 Å². The van der Waals surface area contributed by atoms with Crippen LogP contribution < -0.4 is 15.6 Å². The van der Waals surface area contributed by atoms with Gasteiger partial charge in [0, 0.05) is 10.6 Å². The van der Waals surface area contributed by atoms with Crippen LogP contribution in [-0.2, 0) is 11.2 Å². The van der Waals surface area contributed by atoms with E-state index in [-0.39, 0.29) is 22.2 Å². The predicted molar refractivity (Wildman–Crippen MR) is 141 cm³/mol. The van der Waals surface area contributed by atoms with Crippen molar-refractivity contribution < 1.29 is 13.9 Å². The number of aromatic nitrogens is 2. The number of nitrogens with one attached hydrogen (secondary N) is 1. The van der Waals surface area contributed by atoms with Crippen LogP contribution in [0.15, 0.2) is 52.4 Å². The van der Waals surface area contributed by atoms with Gasteiger partial charge in [-0.05, 0) is 61.4 Å². The number of thiophene rings is 1. The molecule has 1 N–H and O–H groups in total. The number of methoxy groups -OCH3 is 1. The number of carbonyl (C=O) groups is 1. The minimum atomic E-state index is -0.561. The number of thioether (sulfide) groups is 1. The van der Waals surface area contributed by atoms with Gasteiger partial charge < -0.3 is 10.1 Å². The van der Waals surface area contributed by atoms with E-state index in [0.29, 0.717) is 32.5 Å². The minimum absolute atomic E-state index is 0.00469. The van der Waals surface area contributed by atoms with Crippen LogP contribution in [0, 0.1) is 12.7 Å². The quantitative estimate of drug-likeness (QED) is 0.215. The summed E-state index contributed by atoms with van der Waals surface area (Å²) < 4.78 is 20.2. The van der Waals surface area contributed by atoms with E-state index in [1.54, 1.807) is 31.4 Å². The van der Waals surface area contributed by atoms with E-state index in [1.807, 2.05) is 6.92 Å². The molecule has 0 radical (unpaired) electrons. The molecule has 182 valence electrons. The molecule has 0 spiro atoms. The largest absolute Gasteiger partial charge is 0.497 e. The molecule has 0 saturated carbocycles. The number of hydrogen-bond acceptors (Lipinski definition) is 6. The number of nitrogens with zero attached hydrogens (tertiary/aromatic N) is 2. The normalized spacial score (nSPS) is 11.1. The van der Waals surface area contributed by atoms with Crippen molar-refractivity contribution in [3.8, 4) is 11.4 Å². The van der Waals surface area contributed by atoms with Gasteiger partial charge in [0.15, 0.2) is 5.16 Å². The maximum absolute atomic E-state index is 13.7. The van der Waals surface area contributed by atoms with Gasteiger partial charge in [-0.25, -0.2) is 9.37 Å². The van der Waals surface area contributed by atoms with Crippen molar-refractivity contribution in [1.29, 1.82) is 0 Å². The molecule has 0 aliphatic rings. The highest BCUT2D eigenvalue weighted by molar-refractivity contribution is 7.99. The van der Waals surface area contributed by atoms with E-state index >= 15 is 0 Å². The average Bonchev–Trinajstić information content (AvgIpc) is 3.16. The van der Waals surface area contributed by atoms with Crippen LogP contribution in [0.25, 0.3) is 15.9 Å². The molecule has 35 heavy (non-hydrogen) atoms. The van der Waals surface area contributed by atoms with Crippen molar-refractivity contribution in [2.75, 3.05) is 18.2 Å². The summed E-state index contributed by atoms with van der Waals surface area (Å²) in [5.74, 6) is -0.231. The van der Waals surface area contributed by atoms with Crippen LogP contribution in [0.1, 0.15) is 23.8 Å². The molecule has 1 amide bonds. The molecule has 2 aromatic carbocycles. The highest BCUT2D eigenvalue weighted by atomic mass is 35.5. The van der Waals surface area contributed by atoms with Crippen LogP contribution in [0.2, 0.25) is 5.02 Å². The maximum atomic E-state index is 13.7. The molecule has 4 rings (SSSR count). The number of hydrogen-bond donors (Lipinski definition) is 1. The molecule has 0 unspecified atom stereocenters. The van der Waals surface area contributed by atoms with Gasteiger partial charge in [-0.1, -0.05) is 36.7 Å². The van der Waals surface area contributed by atoms with Crippen LogP contribution in [0.4, 0.5) is 10.1 Å². The number of carbonyl (C=O) groups excluding carboxylic acids is 1. The van der Waals surface area contributed by atoms with Gasteiger partial charge in [-0.3, -0.25) is 14.2 Å². The lowest BCUT2D eigenvalue weighted by molar-refractivity contribution is -0.113. The Bertz CT molecular complexity index is 1450. The second-order valence-electron chi connectivity index (χ2n) is 7.78. The molecule has 0 bridgehead atoms. The van der Waals surface area contributed by atoms with E-state index in [0.717, 1.165) is 35.0 Å². The van der Waals surface area contributed by atoms with Crippen molar-refractivity contribution in [2.24, 2.45) is 0 Å². The Hall–Kier alpha value is -2.88. The number of amides is 1. The van der Waals surface area contributed by atoms with Crippen LogP contribution in [-0.4, -0.2) is 28.3 Å². The standard InChI is InChI=1S/C25H23ClFN3O3S2/c1-4-5-20-14(2)22-23(35-20)29-25(30(24(22)32)16-7-9-17(33-3)10-8-16)34-13-21(31)28-15-6-11-19(27)18(26)12-15/h6-12H,4-5,13H2,1-3H3,(H,28,31). The molecule has 0 aliphatic carbocycles. The van der Waals surface area contributed by atoms with Crippen LogP contribution in [0.3, 0.4) is 0 Å². The monoisotopic (exact) mass is 531 g/mol. The van der Waals surface area contributed by atoms with Gasteiger partial charge in [0.1, 0.15) is 16.4 Å². The number of ether oxygens (including phenoxy) is 1. The molecule has 10 heteroatoms. The zero-order valence-electron chi connectivity index (χ0n) is 19.4. The Labute approximate surface area is 215 Å². The first kappa shape index (κ1) is 25.2. The highest BCUT2D eigenvalue weighted by Crippen LogP contribution is 2.31. The zero-order chi connectivity index (χ0) is 25.1. The number of rotatable bonds is 8. The molecule has 6 nitrogen and oxygen atoms in total. The highest BCUT2D eigenvalue weighted by Gasteiger charge is 2.20. The van der Waals surface area contributed by atoms with Gasteiger partial charge in [-0.2, -0.15) is 0 Å². The fourth-order valence-electron chi connectivity index (χ4n) is 3.63. The first-order chi connectivity index (χ1) is 16.8. The van der Waals surface area contributed by atoms with Crippen molar-refractivity contribution in [3.63, 3.8) is 0 Å². The summed E-state index contributed by atoms with van der Waals surface area (Å²) in [6, 6.07) is 11.1. The summed E-state index contributed by atoms with van der Waals surface area (Å²) in [6.07, 6.45) is 1.84. The van der Waals surface area contributed by atoms with Crippen molar-refractivity contribution in [1.82, 2.24) is 9.55 Å². The first-order valence-corrected chi connectivity index (χ1v) is 13.1. The lowest BCUT2D eigenvalue weighted by Gasteiger charge is -2.13. The third kappa shape index (κ3) is 5.37. The van der Waals surface area contributed by atoms with E-state index < -0.39 is 5.82 Å². The summed E-state index contributed by atoms with van der Waals surface area (Å²) in [7, 11) is 1.58. The number of benzene rings is 2. The number of fused-ring (bicyclic) bond motifs is 1. The molecular formula is C25H23ClFN3O3S2. The number of anilines is 1. The summed E-state index contributed by atoms with van der Waals surface area (Å²) in [5, 5.41) is 3.63. The number of aryl methyl sites for hydroxylation is 2. The van der Waals surface area contributed by atoms with Crippen molar-refractivity contribution in [2.45, 2.75) is 31.8 Å². The van der Waals surface area contributed by atoms with Gasteiger partial charge in [-0.15, -0.1) is 11.3 Å². The van der Waals surface area contributed by atoms with Gasteiger partial charge in [0.2, 0.25) is 5.91 Å². The molecule has 0 atom stereocenters. The second-order valence-corrected chi connectivity index (χ2v) is 10.2. The fourth-order valence-corrected chi connectivity index (χ4v) is 5.95. The summed E-state index contributed by atoms with van der Waals surface area (Å²) in [6.45, 7) is 4.06. The van der Waals surface area contributed by atoms with Crippen molar-refractivity contribution in [3.05, 3.63) is 74.1 Å². The zero-order valence-corrected chi connectivity index (χ0v) is 21.7. The predicted octanol–water partition coefficient (Wildman–Crippen LogP) is 6.24. The molecule has 0 aliphatic heterocycles. The molecular weight excluding hydrogens is 509 g/mol. The SMILES string of the molecule is CCCc1sc2nc(SCC(=O)Nc3ccc(F)c(Cl)c3)n(-c3ccc(OC)cc3)c(=O)c2c1C. The first-order valence-electron chi connectivity index (χ1n) is 10.9. The Morgan fingerprint density at radius 1 is 1.26 bits per heavy atom. The lowest BCUT2D eigenvalue weighted by atomic mass is 10.1. The third-order valence-corrected chi connectivity index (χ3v) is 7.85. The topological polar surface area (TPSA) is 73.2 Å². The lowest BCUT2D eigenvalue weighted by Crippen LogP contribution is -2.22. The van der Waals surface area contributed by atoms with Crippen molar-refractivity contribution >= 4 is 56.5 Å². The van der Waals surface area contributed by atoms with E-state index in [4.69, 9.17) is 21.3 Å².